The maximum atomic E-state index is 11.4. The highest BCUT2D eigenvalue weighted by Gasteiger charge is 2.59. The lowest BCUT2D eigenvalue weighted by molar-refractivity contribution is -0.0570. The molecule has 0 spiro atoms. The number of hydrogen-bond donors (Lipinski definition) is 2. The fraction of sp³-hybridized carbons (Fsp3) is 0.931. The minimum atomic E-state index is -4.41. The summed E-state index contributed by atoms with van der Waals surface area (Å²) < 4.78 is 26.0. The highest BCUT2D eigenvalue weighted by atomic mass is 32.2. The second kappa shape index (κ2) is 12.1. The molecule has 0 aliphatic heterocycles. The standard InChI is InChI=1S/C27H47O4P.C2H6OS/c1-18(2)7-6-8-19(3)23-11-12-24-22-10-9-20-17-21(31-32(28,29)30)13-15-26(20,4)25(22)14-16-27(23,24)5;1-4(2)3/h9,18-19,21-25H,6-8,10-17H2,1-5H3,(H2,28,29,30);1-2H3/t19-,21+,22+,23-,24+,25+,26+,27-;/m1./s1. The Morgan fingerprint density at radius 2 is 1.75 bits per heavy atom. The molecule has 0 unspecified atom stereocenters. The Bertz CT molecular complexity index is 807. The second-order valence-corrected chi connectivity index (χ2v) is 16.2. The van der Waals surface area contributed by atoms with E-state index in [0.29, 0.717) is 11.8 Å². The third-order valence-corrected chi connectivity index (χ3v) is 11.1. The summed E-state index contributed by atoms with van der Waals surface area (Å²) in [5.41, 5.74) is 2.12. The zero-order valence-corrected chi connectivity index (χ0v) is 25.6. The molecule has 0 aromatic carbocycles. The van der Waals surface area contributed by atoms with E-state index in [-0.39, 0.29) is 11.5 Å². The Labute approximate surface area is 224 Å². The first kappa shape index (κ1) is 30.7. The Balaban J connectivity index is 0.000000840. The molecule has 4 aliphatic carbocycles. The van der Waals surface area contributed by atoms with Gasteiger partial charge in [-0.1, -0.05) is 76.7 Å². The van der Waals surface area contributed by atoms with Gasteiger partial charge in [0.05, 0.1) is 18.6 Å². The predicted octanol–water partition coefficient (Wildman–Crippen LogP) is 7.50. The smallest absolute Gasteiger partial charge is 0.469 e. The van der Waals surface area contributed by atoms with E-state index in [1.165, 1.54) is 50.5 Å². The lowest BCUT2D eigenvalue weighted by atomic mass is 9.47. The van der Waals surface area contributed by atoms with E-state index in [9.17, 15) is 18.9 Å². The van der Waals surface area contributed by atoms with Crippen molar-refractivity contribution < 1.29 is 23.4 Å². The average Bonchev–Trinajstić information content (AvgIpc) is 3.09. The fourth-order valence-corrected chi connectivity index (χ4v) is 9.50. The van der Waals surface area contributed by atoms with Gasteiger partial charge in [0, 0.05) is 0 Å². The summed E-state index contributed by atoms with van der Waals surface area (Å²) in [7, 11) is -4.41. The molecular weight excluding hydrogens is 491 g/mol. The van der Waals surface area contributed by atoms with E-state index in [0.717, 1.165) is 54.8 Å². The van der Waals surface area contributed by atoms with Gasteiger partial charge in [0.2, 0.25) is 0 Å². The van der Waals surface area contributed by atoms with Gasteiger partial charge in [-0.2, -0.15) is 0 Å². The minimum Gasteiger partial charge on any atom is -0.617 e. The zero-order chi connectivity index (χ0) is 26.9. The van der Waals surface area contributed by atoms with Gasteiger partial charge in [-0.25, -0.2) is 4.57 Å². The lowest BCUT2D eigenvalue weighted by Crippen LogP contribution is -2.50. The van der Waals surface area contributed by atoms with Crippen molar-refractivity contribution in [2.24, 2.45) is 46.3 Å². The molecule has 3 saturated carbocycles. The molecule has 4 rings (SSSR count). The van der Waals surface area contributed by atoms with Crippen molar-refractivity contribution in [2.45, 2.75) is 111 Å². The first-order valence-electron chi connectivity index (χ1n) is 14.4. The summed E-state index contributed by atoms with van der Waals surface area (Å²) >= 11 is -0.611. The molecule has 4 aliphatic rings. The molecule has 5 nitrogen and oxygen atoms in total. The lowest BCUT2D eigenvalue weighted by Gasteiger charge is -2.58. The molecule has 0 radical (unpaired) electrons. The molecule has 0 aromatic heterocycles. The minimum absolute atomic E-state index is 0.194. The quantitative estimate of drug-likeness (QED) is 0.197. The van der Waals surface area contributed by atoms with Crippen LogP contribution in [0.15, 0.2) is 11.6 Å². The van der Waals surface area contributed by atoms with Crippen molar-refractivity contribution >= 4 is 19.0 Å². The molecule has 36 heavy (non-hydrogen) atoms. The van der Waals surface area contributed by atoms with E-state index in [1.807, 2.05) is 0 Å². The van der Waals surface area contributed by atoms with Crippen molar-refractivity contribution in [2.75, 3.05) is 12.5 Å². The van der Waals surface area contributed by atoms with Crippen LogP contribution in [-0.4, -0.2) is 33.0 Å². The SMILES string of the molecule is CC(C)CCC[C@@H](C)[C@H]1CC[C@H]2[C@@H]3CC=C4C[C@@H](OP(=O)(O)O)CC[C@]4(C)[C@H]3CC[C@]12C.C[S+](C)[O-]. The van der Waals surface area contributed by atoms with Crippen LogP contribution in [0.2, 0.25) is 0 Å². The van der Waals surface area contributed by atoms with Crippen LogP contribution in [0.3, 0.4) is 0 Å². The number of phosphoric acid groups is 1. The largest absolute Gasteiger partial charge is 0.617 e. The van der Waals surface area contributed by atoms with Crippen LogP contribution in [0, 0.1) is 46.3 Å². The molecule has 2 N–H and O–H groups in total. The van der Waals surface area contributed by atoms with Crippen molar-refractivity contribution in [3.05, 3.63) is 11.6 Å². The molecule has 0 amide bonds. The summed E-state index contributed by atoms with van der Waals surface area (Å²) in [6.07, 6.45) is 18.7. The molecular formula is C29H53O5PS. The van der Waals surface area contributed by atoms with E-state index in [4.69, 9.17) is 4.52 Å². The summed E-state index contributed by atoms with van der Waals surface area (Å²) in [4.78, 5) is 18.5. The number of rotatable bonds is 7. The normalized spacial score (nSPS) is 39.0. The van der Waals surface area contributed by atoms with Crippen molar-refractivity contribution in [1.82, 2.24) is 0 Å². The first-order valence-corrected chi connectivity index (χ1v) is 17.9. The fourth-order valence-electron chi connectivity index (χ4n) is 8.94. The van der Waals surface area contributed by atoms with Crippen LogP contribution in [0.4, 0.5) is 0 Å². The van der Waals surface area contributed by atoms with E-state index >= 15 is 0 Å². The Morgan fingerprint density at radius 3 is 2.36 bits per heavy atom. The van der Waals surface area contributed by atoms with Gasteiger partial charge in [0.25, 0.3) is 0 Å². The molecule has 8 atom stereocenters. The molecule has 0 heterocycles. The van der Waals surface area contributed by atoms with Crippen molar-refractivity contribution in [1.29, 1.82) is 0 Å². The number of fused-ring (bicyclic) bond motifs is 5. The molecule has 7 heteroatoms. The Hall–Kier alpha value is 0.160. The Morgan fingerprint density at radius 1 is 1.08 bits per heavy atom. The highest BCUT2D eigenvalue weighted by Crippen LogP contribution is 2.67. The average molecular weight is 545 g/mol. The van der Waals surface area contributed by atoms with Gasteiger partial charge in [-0.05, 0) is 97.7 Å². The molecule has 3 fully saturated rings. The second-order valence-electron chi connectivity index (χ2n) is 13.5. The maximum absolute atomic E-state index is 11.4. The van der Waals surface area contributed by atoms with Crippen molar-refractivity contribution in [3.63, 3.8) is 0 Å². The summed E-state index contributed by atoms with van der Waals surface area (Å²) in [5.74, 6) is 4.89. The third kappa shape index (κ3) is 7.02. The van der Waals surface area contributed by atoms with E-state index < -0.39 is 19.0 Å². The number of allylic oxidation sites excluding steroid dienone is 1. The van der Waals surface area contributed by atoms with Crippen LogP contribution in [0.5, 0.6) is 0 Å². The van der Waals surface area contributed by atoms with Gasteiger partial charge >= 0.3 is 7.82 Å². The first-order chi connectivity index (χ1) is 16.7. The highest BCUT2D eigenvalue weighted by molar-refractivity contribution is 7.89. The summed E-state index contributed by atoms with van der Waals surface area (Å²) in [5, 5.41) is 0. The monoisotopic (exact) mass is 544 g/mol. The van der Waals surface area contributed by atoms with E-state index in [1.54, 1.807) is 12.5 Å². The molecule has 0 aromatic rings. The van der Waals surface area contributed by atoms with Crippen LogP contribution in [0.25, 0.3) is 0 Å². The summed E-state index contributed by atoms with van der Waals surface area (Å²) in [6, 6.07) is 0. The van der Waals surface area contributed by atoms with Gasteiger partial charge in [0.15, 0.2) is 0 Å². The van der Waals surface area contributed by atoms with Gasteiger partial charge in [0.1, 0.15) is 0 Å². The molecule has 210 valence electrons. The number of phosphoric ester groups is 1. The van der Waals surface area contributed by atoms with Crippen LogP contribution in [0.1, 0.15) is 105 Å². The van der Waals surface area contributed by atoms with Gasteiger partial charge < -0.3 is 14.3 Å². The van der Waals surface area contributed by atoms with Gasteiger partial charge in [-0.3, -0.25) is 4.52 Å². The van der Waals surface area contributed by atoms with Crippen LogP contribution < -0.4 is 0 Å². The maximum Gasteiger partial charge on any atom is 0.469 e. The predicted molar refractivity (Wildman–Crippen MR) is 150 cm³/mol. The van der Waals surface area contributed by atoms with Crippen molar-refractivity contribution in [3.8, 4) is 0 Å². The molecule has 0 bridgehead atoms. The van der Waals surface area contributed by atoms with E-state index in [2.05, 4.69) is 40.7 Å². The Kier molecular flexibility index (Phi) is 10.3. The topological polar surface area (TPSA) is 89.8 Å². The van der Waals surface area contributed by atoms with Gasteiger partial charge in [-0.15, -0.1) is 0 Å². The van der Waals surface area contributed by atoms with Crippen LogP contribution >= 0.6 is 7.82 Å². The molecule has 0 saturated heterocycles. The zero-order valence-electron chi connectivity index (χ0n) is 23.9. The third-order valence-electron chi connectivity index (χ3n) is 10.5. The number of hydrogen-bond acceptors (Lipinski definition) is 3. The van der Waals surface area contributed by atoms with Crippen LogP contribution in [-0.2, 0) is 20.3 Å². The summed E-state index contributed by atoms with van der Waals surface area (Å²) in [6.45, 7) is 12.3.